The molecule has 3 heterocycles. The third-order valence-corrected chi connectivity index (χ3v) is 5.09. The van der Waals surface area contributed by atoms with Crippen LogP contribution in [0.2, 0.25) is 0 Å². The number of nitrogens with zero attached hydrogens (tertiary/aromatic N) is 6. The van der Waals surface area contributed by atoms with Crippen LogP contribution in [0.4, 0.5) is 0 Å². The van der Waals surface area contributed by atoms with Gasteiger partial charge in [-0.3, -0.25) is 4.90 Å². The van der Waals surface area contributed by atoms with Crippen molar-refractivity contribution < 1.29 is 9.90 Å². The Hall–Kier alpha value is -3.30. The maximum atomic E-state index is 11.6. The predicted molar refractivity (Wildman–Crippen MR) is 105 cm³/mol. The minimum atomic E-state index is -1.03. The first kappa shape index (κ1) is 18.1. The average Bonchev–Trinajstić information content (AvgIpc) is 3.43. The van der Waals surface area contributed by atoms with E-state index >= 15 is 0 Å². The number of rotatable bonds is 7. The largest absolute Gasteiger partial charge is 0.476 e. The van der Waals surface area contributed by atoms with E-state index in [2.05, 4.69) is 15.2 Å². The predicted octanol–water partition coefficient (Wildman–Crippen LogP) is 2.84. The molecule has 1 aromatic carbocycles. The van der Waals surface area contributed by atoms with Crippen molar-refractivity contribution in [2.75, 3.05) is 7.05 Å². The monoisotopic (exact) mass is 394 g/mol. The van der Waals surface area contributed by atoms with E-state index < -0.39 is 5.97 Å². The van der Waals surface area contributed by atoms with Gasteiger partial charge in [0, 0.05) is 48.3 Å². The number of thiazole rings is 1. The van der Waals surface area contributed by atoms with Crippen LogP contribution in [-0.2, 0) is 13.1 Å². The van der Waals surface area contributed by atoms with Gasteiger partial charge in [-0.2, -0.15) is 10.2 Å². The fourth-order valence-corrected chi connectivity index (χ4v) is 3.82. The number of benzene rings is 1. The van der Waals surface area contributed by atoms with Gasteiger partial charge in [0.25, 0.3) is 0 Å². The number of carboxylic acids is 1. The van der Waals surface area contributed by atoms with Crippen LogP contribution in [-0.4, -0.2) is 47.6 Å². The molecule has 4 rings (SSSR count). The van der Waals surface area contributed by atoms with Gasteiger partial charge in [-0.25, -0.2) is 19.1 Å². The number of carboxylic acid groups (broad SMARTS) is 1. The van der Waals surface area contributed by atoms with E-state index in [1.165, 1.54) is 0 Å². The molecule has 0 amide bonds. The van der Waals surface area contributed by atoms with Crippen molar-refractivity contribution in [1.82, 2.24) is 29.4 Å². The Balaban J connectivity index is 1.50. The SMILES string of the molecule is CN(Cc1cnc(-n2cccn2)s1)Cc1cn(-c2ccccc2)nc1C(=O)O. The molecule has 0 aliphatic rings. The second-order valence-electron chi connectivity index (χ2n) is 6.32. The zero-order valence-electron chi connectivity index (χ0n) is 15.1. The first-order valence-corrected chi connectivity index (χ1v) is 9.42. The van der Waals surface area contributed by atoms with E-state index in [0.29, 0.717) is 18.7 Å². The van der Waals surface area contributed by atoms with Crippen molar-refractivity contribution in [3.63, 3.8) is 0 Å². The lowest BCUT2D eigenvalue weighted by Gasteiger charge is -2.14. The molecule has 3 aromatic heterocycles. The van der Waals surface area contributed by atoms with E-state index in [0.717, 1.165) is 15.7 Å². The molecule has 142 valence electrons. The van der Waals surface area contributed by atoms with Gasteiger partial charge in [-0.1, -0.05) is 29.5 Å². The van der Waals surface area contributed by atoms with E-state index in [4.69, 9.17) is 0 Å². The van der Waals surface area contributed by atoms with E-state index in [9.17, 15) is 9.90 Å². The van der Waals surface area contributed by atoms with Gasteiger partial charge < -0.3 is 5.11 Å². The Morgan fingerprint density at radius 1 is 1.18 bits per heavy atom. The number of hydrogen-bond acceptors (Lipinski definition) is 6. The Morgan fingerprint density at radius 2 is 2.00 bits per heavy atom. The molecule has 0 saturated carbocycles. The van der Waals surface area contributed by atoms with E-state index in [1.807, 2.05) is 60.7 Å². The van der Waals surface area contributed by atoms with Crippen LogP contribution in [0.1, 0.15) is 20.9 Å². The lowest BCUT2D eigenvalue weighted by Crippen LogP contribution is -2.18. The summed E-state index contributed by atoms with van der Waals surface area (Å²) in [6.45, 7) is 1.11. The van der Waals surface area contributed by atoms with Crippen LogP contribution in [0.25, 0.3) is 10.8 Å². The Labute approximate surface area is 165 Å². The molecule has 8 nitrogen and oxygen atoms in total. The summed E-state index contributed by atoms with van der Waals surface area (Å²) in [5, 5.41) is 18.8. The maximum absolute atomic E-state index is 11.6. The molecule has 0 radical (unpaired) electrons. The molecular weight excluding hydrogens is 376 g/mol. The van der Waals surface area contributed by atoms with Crippen LogP contribution in [0.5, 0.6) is 0 Å². The van der Waals surface area contributed by atoms with Crippen molar-refractivity contribution in [3.8, 4) is 10.8 Å². The number of para-hydroxylation sites is 1. The number of aromatic carboxylic acids is 1. The molecule has 1 N–H and O–H groups in total. The number of carbonyl (C=O) groups is 1. The number of hydrogen-bond donors (Lipinski definition) is 1. The molecule has 0 aliphatic carbocycles. The van der Waals surface area contributed by atoms with Crippen LogP contribution in [0.15, 0.2) is 61.2 Å². The molecule has 28 heavy (non-hydrogen) atoms. The Bertz CT molecular complexity index is 1070. The molecule has 0 spiro atoms. The van der Waals surface area contributed by atoms with Gasteiger partial charge in [0.15, 0.2) is 5.69 Å². The minimum Gasteiger partial charge on any atom is -0.476 e. The third-order valence-electron chi connectivity index (χ3n) is 4.12. The summed E-state index contributed by atoms with van der Waals surface area (Å²) >= 11 is 1.55. The summed E-state index contributed by atoms with van der Waals surface area (Å²) in [6, 6.07) is 11.3. The van der Waals surface area contributed by atoms with Crippen molar-refractivity contribution >= 4 is 17.3 Å². The van der Waals surface area contributed by atoms with Gasteiger partial charge in [0.05, 0.1) is 5.69 Å². The second-order valence-corrected chi connectivity index (χ2v) is 7.41. The molecule has 0 saturated heterocycles. The van der Waals surface area contributed by atoms with Crippen molar-refractivity contribution in [1.29, 1.82) is 0 Å². The topological polar surface area (TPSA) is 89.1 Å². The highest BCUT2D eigenvalue weighted by atomic mass is 32.1. The van der Waals surface area contributed by atoms with E-state index in [1.54, 1.807) is 33.1 Å². The highest BCUT2D eigenvalue weighted by Gasteiger charge is 2.18. The summed E-state index contributed by atoms with van der Waals surface area (Å²) in [4.78, 5) is 19.1. The summed E-state index contributed by atoms with van der Waals surface area (Å²) in [5.41, 5.74) is 1.55. The molecule has 0 atom stereocenters. The fraction of sp³-hybridized carbons (Fsp3) is 0.158. The molecule has 0 fully saturated rings. The fourth-order valence-electron chi connectivity index (χ4n) is 2.89. The van der Waals surface area contributed by atoms with Crippen LogP contribution in [0.3, 0.4) is 0 Å². The van der Waals surface area contributed by atoms with Crippen molar-refractivity contribution in [2.45, 2.75) is 13.1 Å². The first-order valence-electron chi connectivity index (χ1n) is 8.60. The Morgan fingerprint density at radius 3 is 2.71 bits per heavy atom. The van der Waals surface area contributed by atoms with Crippen LogP contribution < -0.4 is 0 Å². The van der Waals surface area contributed by atoms with Crippen LogP contribution >= 0.6 is 11.3 Å². The van der Waals surface area contributed by atoms with Gasteiger partial charge in [-0.05, 0) is 25.2 Å². The average molecular weight is 394 g/mol. The molecule has 0 bridgehead atoms. The second kappa shape index (κ2) is 7.75. The quantitative estimate of drug-likeness (QED) is 0.518. The molecular formula is C19H18N6O2S. The lowest BCUT2D eigenvalue weighted by molar-refractivity contribution is 0.0688. The highest BCUT2D eigenvalue weighted by molar-refractivity contribution is 7.14. The summed E-state index contributed by atoms with van der Waals surface area (Å²) in [6.07, 6.45) is 7.16. The maximum Gasteiger partial charge on any atom is 0.356 e. The first-order chi connectivity index (χ1) is 13.6. The normalized spacial score (nSPS) is 11.2. The molecule has 4 aromatic rings. The zero-order valence-corrected chi connectivity index (χ0v) is 16.0. The minimum absolute atomic E-state index is 0.0669. The van der Waals surface area contributed by atoms with Crippen molar-refractivity contribution in [2.24, 2.45) is 0 Å². The third kappa shape index (κ3) is 3.85. The standard InChI is InChI=1S/C19H18N6O2S/c1-23(13-16-10-20-19(28-16)24-9-5-8-21-24)11-14-12-25(22-17(14)18(26)27)15-6-3-2-4-7-15/h2-10,12H,11,13H2,1H3,(H,26,27). The lowest BCUT2D eigenvalue weighted by atomic mass is 10.2. The van der Waals surface area contributed by atoms with Crippen molar-refractivity contribution in [3.05, 3.63) is 77.3 Å². The van der Waals surface area contributed by atoms with Gasteiger partial charge in [-0.15, -0.1) is 0 Å². The van der Waals surface area contributed by atoms with E-state index in [-0.39, 0.29) is 5.69 Å². The molecule has 0 aliphatic heterocycles. The van der Waals surface area contributed by atoms with Crippen LogP contribution in [0, 0.1) is 0 Å². The van der Waals surface area contributed by atoms with Gasteiger partial charge in [0.1, 0.15) is 0 Å². The molecule has 0 unspecified atom stereocenters. The highest BCUT2D eigenvalue weighted by Crippen LogP contribution is 2.20. The summed E-state index contributed by atoms with van der Waals surface area (Å²) < 4.78 is 3.33. The summed E-state index contributed by atoms with van der Waals surface area (Å²) in [7, 11) is 1.94. The summed E-state index contributed by atoms with van der Waals surface area (Å²) in [5.74, 6) is -1.03. The Kier molecular flexibility index (Phi) is 5.00. The number of aromatic nitrogens is 5. The smallest absolute Gasteiger partial charge is 0.356 e. The zero-order chi connectivity index (χ0) is 19.5. The molecule has 9 heteroatoms. The van der Waals surface area contributed by atoms with Gasteiger partial charge >= 0.3 is 5.97 Å². The van der Waals surface area contributed by atoms with Gasteiger partial charge in [0.2, 0.25) is 5.13 Å².